The lowest BCUT2D eigenvalue weighted by Crippen LogP contribution is -2.40. The van der Waals surface area contributed by atoms with E-state index in [1.807, 2.05) is 53.4 Å². The van der Waals surface area contributed by atoms with Crippen LogP contribution < -0.4 is 5.32 Å². The predicted molar refractivity (Wildman–Crippen MR) is 123 cm³/mol. The highest BCUT2D eigenvalue weighted by Crippen LogP contribution is 2.29. The molecule has 4 rings (SSSR count). The van der Waals surface area contributed by atoms with Gasteiger partial charge in [0.25, 0.3) is 0 Å². The van der Waals surface area contributed by atoms with E-state index < -0.39 is 0 Å². The molecule has 2 heterocycles. The molecule has 2 amide bonds. The molecule has 1 saturated heterocycles. The van der Waals surface area contributed by atoms with Crippen LogP contribution in [0.4, 0.5) is 5.69 Å². The molecular weight excluding hydrogens is 466 g/mol. The standard InChI is InChI=1S/C22H22BrN3O3S/c23-16-6-3-7-17(11-16)24-20(27)13-30-14-21(28)26-10-4-5-15(12-26)22-25-18-8-1-2-9-19(18)29-22/h1-3,6-9,11,15H,4-5,10,12-14H2,(H,24,27). The van der Waals surface area contributed by atoms with Gasteiger partial charge in [0.05, 0.1) is 17.4 Å². The number of rotatable bonds is 6. The van der Waals surface area contributed by atoms with Crippen LogP contribution in [0.3, 0.4) is 0 Å². The topological polar surface area (TPSA) is 75.4 Å². The van der Waals surface area contributed by atoms with Crippen molar-refractivity contribution in [3.8, 4) is 0 Å². The molecule has 1 atom stereocenters. The lowest BCUT2D eigenvalue weighted by molar-refractivity contribution is -0.129. The van der Waals surface area contributed by atoms with Crippen LogP contribution >= 0.6 is 27.7 Å². The average molecular weight is 488 g/mol. The number of fused-ring (bicyclic) bond motifs is 1. The van der Waals surface area contributed by atoms with E-state index in [0.29, 0.717) is 12.4 Å². The third-order valence-corrected chi connectivity index (χ3v) is 6.41. The van der Waals surface area contributed by atoms with Crippen LogP contribution in [0.5, 0.6) is 0 Å². The van der Waals surface area contributed by atoms with Gasteiger partial charge in [-0.1, -0.05) is 34.1 Å². The maximum absolute atomic E-state index is 12.6. The Hall–Kier alpha value is -2.32. The van der Waals surface area contributed by atoms with Crippen molar-refractivity contribution in [1.29, 1.82) is 0 Å². The van der Waals surface area contributed by atoms with E-state index in [1.54, 1.807) is 0 Å². The Morgan fingerprint density at radius 2 is 2.07 bits per heavy atom. The van der Waals surface area contributed by atoms with E-state index in [2.05, 4.69) is 26.2 Å². The number of aromatic nitrogens is 1. The van der Waals surface area contributed by atoms with E-state index in [-0.39, 0.29) is 29.2 Å². The lowest BCUT2D eigenvalue weighted by atomic mass is 9.98. The molecule has 30 heavy (non-hydrogen) atoms. The molecule has 1 aliphatic heterocycles. The Labute approximate surface area is 187 Å². The van der Waals surface area contributed by atoms with Crippen LogP contribution in [-0.4, -0.2) is 46.3 Å². The largest absolute Gasteiger partial charge is 0.440 e. The number of likely N-dealkylation sites (tertiary alicyclic amines) is 1. The predicted octanol–water partition coefficient (Wildman–Crippen LogP) is 4.67. The number of amides is 2. The molecule has 0 spiro atoms. The van der Waals surface area contributed by atoms with Crippen LogP contribution in [-0.2, 0) is 9.59 Å². The molecule has 1 fully saturated rings. The second-order valence-electron chi connectivity index (χ2n) is 7.25. The van der Waals surface area contributed by atoms with Gasteiger partial charge in [-0.3, -0.25) is 9.59 Å². The molecule has 1 unspecified atom stereocenters. The molecule has 1 aromatic heterocycles. The van der Waals surface area contributed by atoms with Gasteiger partial charge in [0.2, 0.25) is 11.8 Å². The molecule has 0 bridgehead atoms. The number of nitrogens with one attached hydrogen (secondary N) is 1. The quantitative estimate of drug-likeness (QED) is 0.546. The number of para-hydroxylation sites is 2. The summed E-state index contributed by atoms with van der Waals surface area (Å²) in [5.41, 5.74) is 2.37. The number of halogens is 1. The number of nitrogens with zero attached hydrogens (tertiary/aromatic N) is 2. The Bertz CT molecular complexity index is 1020. The number of hydrogen-bond acceptors (Lipinski definition) is 5. The minimum atomic E-state index is -0.117. The fourth-order valence-corrected chi connectivity index (χ4v) is 4.67. The van der Waals surface area contributed by atoms with E-state index in [4.69, 9.17) is 4.42 Å². The Morgan fingerprint density at radius 1 is 1.20 bits per heavy atom. The Morgan fingerprint density at radius 3 is 2.90 bits per heavy atom. The highest BCUT2D eigenvalue weighted by Gasteiger charge is 2.28. The first-order chi connectivity index (χ1) is 14.6. The van der Waals surface area contributed by atoms with Crippen molar-refractivity contribution in [2.75, 3.05) is 29.9 Å². The molecule has 1 aliphatic rings. The average Bonchev–Trinajstić information content (AvgIpc) is 3.18. The first-order valence-corrected chi connectivity index (χ1v) is 11.8. The SMILES string of the molecule is O=C(CSCC(=O)N1CCCC(c2nc3ccccc3o2)C1)Nc1cccc(Br)c1. The second kappa shape index (κ2) is 9.66. The second-order valence-corrected chi connectivity index (χ2v) is 9.15. The van der Waals surface area contributed by atoms with Crippen LogP contribution in [0.2, 0.25) is 0 Å². The van der Waals surface area contributed by atoms with E-state index >= 15 is 0 Å². The van der Waals surface area contributed by atoms with Crippen molar-refractivity contribution in [3.05, 3.63) is 58.9 Å². The molecule has 0 radical (unpaired) electrons. The van der Waals surface area contributed by atoms with Gasteiger partial charge in [0, 0.05) is 23.2 Å². The third-order valence-electron chi connectivity index (χ3n) is 5.00. The van der Waals surface area contributed by atoms with Crippen molar-refractivity contribution in [2.24, 2.45) is 0 Å². The van der Waals surface area contributed by atoms with Gasteiger partial charge in [0.1, 0.15) is 5.52 Å². The summed E-state index contributed by atoms with van der Waals surface area (Å²) >= 11 is 4.71. The number of benzene rings is 2. The number of oxazole rings is 1. The summed E-state index contributed by atoms with van der Waals surface area (Å²) in [7, 11) is 0. The van der Waals surface area contributed by atoms with Gasteiger partial charge in [-0.15, -0.1) is 11.8 Å². The van der Waals surface area contributed by atoms with Gasteiger partial charge in [-0.05, 0) is 43.2 Å². The number of carbonyl (C=O) groups excluding carboxylic acids is 2. The number of hydrogen-bond donors (Lipinski definition) is 1. The summed E-state index contributed by atoms with van der Waals surface area (Å²) in [4.78, 5) is 31.2. The van der Waals surface area contributed by atoms with Gasteiger partial charge in [-0.2, -0.15) is 0 Å². The molecule has 0 saturated carbocycles. The monoisotopic (exact) mass is 487 g/mol. The molecule has 0 aliphatic carbocycles. The fourth-order valence-electron chi connectivity index (χ4n) is 3.56. The van der Waals surface area contributed by atoms with Crippen LogP contribution in [0.25, 0.3) is 11.1 Å². The molecular formula is C22H22BrN3O3S. The van der Waals surface area contributed by atoms with Gasteiger partial charge in [-0.25, -0.2) is 4.98 Å². The number of piperidine rings is 1. The summed E-state index contributed by atoms with van der Waals surface area (Å²) < 4.78 is 6.81. The van der Waals surface area contributed by atoms with Crippen molar-refractivity contribution in [1.82, 2.24) is 9.88 Å². The summed E-state index contributed by atoms with van der Waals surface area (Å²) in [6.07, 6.45) is 1.88. The molecule has 3 aromatic rings. The van der Waals surface area contributed by atoms with Crippen molar-refractivity contribution >= 4 is 56.3 Å². The summed E-state index contributed by atoms with van der Waals surface area (Å²) in [5, 5.41) is 2.84. The minimum absolute atomic E-state index is 0.0519. The first-order valence-electron chi connectivity index (χ1n) is 9.85. The number of anilines is 1. The zero-order valence-corrected chi connectivity index (χ0v) is 18.7. The molecule has 156 valence electrons. The zero-order valence-electron chi connectivity index (χ0n) is 16.3. The van der Waals surface area contributed by atoms with Crippen LogP contribution in [0, 0.1) is 0 Å². The molecule has 6 nitrogen and oxygen atoms in total. The highest BCUT2D eigenvalue weighted by atomic mass is 79.9. The van der Waals surface area contributed by atoms with Crippen LogP contribution in [0.1, 0.15) is 24.7 Å². The zero-order chi connectivity index (χ0) is 20.9. The fraction of sp³-hybridized carbons (Fsp3) is 0.318. The first kappa shape index (κ1) is 20.9. The van der Waals surface area contributed by atoms with Gasteiger partial charge < -0.3 is 14.6 Å². The smallest absolute Gasteiger partial charge is 0.234 e. The number of thioether (sulfide) groups is 1. The summed E-state index contributed by atoms with van der Waals surface area (Å²) in [6, 6.07) is 15.1. The maximum Gasteiger partial charge on any atom is 0.234 e. The van der Waals surface area contributed by atoms with Crippen molar-refractivity contribution in [2.45, 2.75) is 18.8 Å². The molecule has 2 aromatic carbocycles. The lowest BCUT2D eigenvalue weighted by Gasteiger charge is -2.31. The normalized spacial score (nSPS) is 16.6. The summed E-state index contributed by atoms with van der Waals surface area (Å²) in [5.74, 6) is 1.27. The van der Waals surface area contributed by atoms with E-state index in [0.717, 1.165) is 40.6 Å². The summed E-state index contributed by atoms with van der Waals surface area (Å²) in [6.45, 7) is 1.34. The van der Waals surface area contributed by atoms with Crippen LogP contribution in [0.15, 0.2) is 57.4 Å². The van der Waals surface area contributed by atoms with E-state index in [9.17, 15) is 9.59 Å². The van der Waals surface area contributed by atoms with Crippen molar-refractivity contribution in [3.63, 3.8) is 0 Å². The molecule has 8 heteroatoms. The minimum Gasteiger partial charge on any atom is -0.440 e. The molecule has 1 N–H and O–H groups in total. The van der Waals surface area contributed by atoms with Gasteiger partial charge >= 0.3 is 0 Å². The van der Waals surface area contributed by atoms with Crippen molar-refractivity contribution < 1.29 is 14.0 Å². The van der Waals surface area contributed by atoms with E-state index in [1.165, 1.54) is 11.8 Å². The Kier molecular flexibility index (Phi) is 6.74. The highest BCUT2D eigenvalue weighted by molar-refractivity contribution is 9.10. The maximum atomic E-state index is 12.6. The third kappa shape index (κ3) is 5.23. The Balaban J connectivity index is 1.26. The van der Waals surface area contributed by atoms with Gasteiger partial charge in [0.15, 0.2) is 11.5 Å². The number of carbonyl (C=O) groups is 2.